The first-order valence-corrected chi connectivity index (χ1v) is 7.32. The minimum absolute atomic E-state index is 0.0608. The van der Waals surface area contributed by atoms with Crippen molar-refractivity contribution >= 4 is 17.5 Å². The first-order chi connectivity index (χ1) is 10.1. The van der Waals surface area contributed by atoms with Crippen LogP contribution in [0.15, 0.2) is 24.3 Å². The van der Waals surface area contributed by atoms with E-state index in [0.717, 1.165) is 37.4 Å². The van der Waals surface area contributed by atoms with Crippen molar-refractivity contribution in [3.8, 4) is 5.75 Å². The van der Waals surface area contributed by atoms with Gasteiger partial charge in [0.2, 0.25) is 11.8 Å². The maximum atomic E-state index is 12.1. The van der Waals surface area contributed by atoms with Gasteiger partial charge in [-0.1, -0.05) is 0 Å². The third-order valence-corrected chi connectivity index (χ3v) is 3.77. The molecular formula is C16H22N2O3. The fourth-order valence-corrected chi connectivity index (χ4v) is 2.56. The van der Waals surface area contributed by atoms with E-state index in [2.05, 4.69) is 0 Å². The van der Waals surface area contributed by atoms with E-state index in [0.29, 0.717) is 13.0 Å². The number of carbonyl (C=O) groups is 2. The number of methoxy groups -OCH3 is 1. The van der Waals surface area contributed by atoms with Crippen molar-refractivity contribution in [3.05, 3.63) is 24.3 Å². The molecule has 0 bridgehead atoms. The van der Waals surface area contributed by atoms with Gasteiger partial charge in [0.05, 0.1) is 7.11 Å². The molecule has 0 unspecified atom stereocenters. The molecule has 5 nitrogen and oxygen atoms in total. The van der Waals surface area contributed by atoms with E-state index in [9.17, 15) is 9.59 Å². The van der Waals surface area contributed by atoms with Crippen molar-refractivity contribution < 1.29 is 14.3 Å². The van der Waals surface area contributed by atoms with Gasteiger partial charge < -0.3 is 14.5 Å². The normalized spacial score (nSPS) is 14.1. The second kappa shape index (κ2) is 7.11. The van der Waals surface area contributed by atoms with Gasteiger partial charge in [0.1, 0.15) is 5.75 Å². The van der Waals surface area contributed by atoms with E-state index in [1.165, 1.54) is 6.92 Å². The molecule has 0 saturated carbocycles. The number of hydrogen-bond donors (Lipinski definition) is 0. The lowest BCUT2D eigenvalue weighted by atomic mass is 10.2. The minimum atomic E-state index is -0.0608. The van der Waals surface area contributed by atoms with Crippen LogP contribution in [0.4, 0.5) is 5.69 Å². The van der Waals surface area contributed by atoms with Gasteiger partial charge in [-0.2, -0.15) is 0 Å². The predicted molar refractivity (Wildman–Crippen MR) is 81.5 cm³/mol. The highest BCUT2D eigenvalue weighted by molar-refractivity contribution is 5.92. The molecule has 5 heteroatoms. The van der Waals surface area contributed by atoms with Crippen LogP contribution in [0.2, 0.25) is 0 Å². The summed E-state index contributed by atoms with van der Waals surface area (Å²) in [6, 6.07) is 7.29. The molecule has 1 aromatic rings. The highest BCUT2D eigenvalue weighted by Gasteiger charge is 2.20. The molecule has 21 heavy (non-hydrogen) atoms. The fourth-order valence-electron chi connectivity index (χ4n) is 2.56. The maximum Gasteiger partial charge on any atom is 0.224 e. The zero-order valence-electron chi connectivity index (χ0n) is 12.7. The van der Waals surface area contributed by atoms with Crippen LogP contribution >= 0.6 is 0 Å². The Kier molecular flexibility index (Phi) is 5.20. The number of benzene rings is 1. The van der Waals surface area contributed by atoms with Crippen LogP contribution in [0, 0.1) is 0 Å². The van der Waals surface area contributed by atoms with Crippen LogP contribution < -0.4 is 9.64 Å². The van der Waals surface area contributed by atoms with E-state index in [4.69, 9.17) is 4.74 Å². The van der Waals surface area contributed by atoms with E-state index >= 15 is 0 Å². The smallest absolute Gasteiger partial charge is 0.224 e. The molecule has 0 aliphatic carbocycles. The molecule has 0 radical (unpaired) electrons. The second-order valence-electron chi connectivity index (χ2n) is 5.21. The minimum Gasteiger partial charge on any atom is -0.497 e. The molecule has 114 valence electrons. The Morgan fingerprint density at radius 1 is 1.19 bits per heavy atom. The molecule has 1 fully saturated rings. The van der Waals surface area contributed by atoms with Gasteiger partial charge in [0.25, 0.3) is 0 Å². The summed E-state index contributed by atoms with van der Waals surface area (Å²) in [6.45, 7) is 3.63. The van der Waals surface area contributed by atoms with Gasteiger partial charge in [0, 0.05) is 38.7 Å². The van der Waals surface area contributed by atoms with Crippen molar-refractivity contribution in [2.24, 2.45) is 0 Å². The summed E-state index contributed by atoms with van der Waals surface area (Å²) in [4.78, 5) is 27.4. The van der Waals surface area contributed by atoms with Gasteiger partial charge in [-0.25, -0.2) is 0 Å². The quantitative estimate of drug-likeness (QED) is 0.834. The predicted octanol–water partition coefficient (Wildman–Crippen LogP) is 2.06. The Hall–Kier alpha value is -2.04. The summed E-state index contributed by atoms with van der Waals surface area (Å²) in [7, 11) is 1.60. The number of carbonyl (C=O) groups excluding carboxylic acids is 2. The number of rotatable bonds is 5. The molecule has 2 rings (SSSR count). The molecule has 1 aliphatic rings. The summed E-state index contributed by atoms with van der Waals surface area (Å²) in [5.41, 5.74) is 0.789. The third-order valence-electron chi connectivity index (χ3n) is 3.77. The monoisotopic (exact) mass is 290 g/mol. The summed E-state index contributed by atoms with van der Waals surface area (Å²) in [6.07, 6.45) is 2.53. The summed E-state index contributed by atoms with van der Waals surface area (Å²) in [5.74, 6) is 0.817. The van der Waals surface area contributed by atoms with Crippen LogP contribution in [0.1, 0.15) is 26.2 Å². The summed E-state index contributed by atoms with van der Waals surface area (Å²) in [5, 5.41) is 0. The van der Waals surface area contributed by atoms with Gasteiger partial charge in [0.15, 0.2) is 0 Å². The SMILES string of the molecule is COc1ccc(N(CCC(=O)N2CCCC2)C(C)=O)cc1. The van der Waals surface area contributed by atoms with E-state index in [1.807, 2.05) is 29.2 Å². The number of anilines is 1. The largest absolute Gasteiger partial charge is 0.497 e. The van der Waals surface area contributed by atoms with Crippen molar-refractivity contribution in [1.82, 2.24) is 4.90 Å². The lowest BCUT2D eigenvalue weighted by Crippen LogP contribution is -2.35. The number of likely N-dealkylation sites (tertiary alicyclic amines) is 1. The second-order valence-corrected chi connectivity index (χ2v) is 5.21. The topological polar surface area (TPSA) is 49.9 Å². The molecule has 1 saturated heterocycles. The molecule has 0 atom stereocenters. The van der Waals surface area contributed by atoms with Crippen molar-refractivity contribution in [1.29, 1.82) is 0 Å². The lowest BCUT2D eigenvalue weighted by molar-refractivity contribution is -0.129. The number of ether oxygens (including phenoxy) is 1. The maximum absolute atomic E-state index is 12.1. The van der Waals surface area contributed by atoms with Crippen LogP contribution in [-0.4, -0.2) is 43.5 Å². The van der Waals surface area contributed by atoms with Crippen LogP contribution in [-0.2, 0) is 9.59 Å². The van der Waals surface area contributed by atoms with E-state index in [-0.39, 0.29) is 11.8 Å². The molecule has 0 spiro atoms. The van der Waals surface area contributed by atoms with Gasteiger partial charge >= 0.3 is 0 Å². The highest BCUT2D eigenvalue weighted by Crippen LogP contribution is 2.20. The van der Waals surface area contributed by atoms with Crippen molar-refractivity contribution in [3.63, 3.8) is 0 Å². The van der Waals surface area contributed by atoms with Gasteiger partial charge in [-0.3, -0.25) is 9.59 Å². The number of nitrogens with zero attached hydrogens (tertiary/aromatic N) is 2. The van der Waals surface area contributed by atoms with Crippen molar-refractivity contribution in [2.45, 2.75) is 26.2 Å². The molecule has 2 amide bonds. The van der Waals surface area contributed by atoms with Gasteiger partial charge in [-0.05, 0) is 37.1 Å². The number of hydrogen-bond acceptors (Lipinski definition) is 3. The summed E-state index contributed by atoms with van der Waals surface area (Å²) < 4.78 is 5.11. The Morgan fingerprint density at radius 3 is 2.33 bits per heavy atom. The zero-order chi connectivity index (χ0) is 15.2. The molecule has 1 aromatic carbocycles. The average molecular weight is 290 g/mol. The Morgan fingerprint density at radius 2 is 1.81 bits per heavy atom. The lowest BCUT2D eigenvalue weighted by Gasteiger charge is -2.23. The Bertz CT molecular complexity index is 493. The molecule has 0 N–H and O–H groups in total. The van der Waals surface area contributed by atoms with E-state index < -0.39 is 0 Å². The first-order valence-electron chi connectivity index (χ1n) is 7.32. The van der Waals surface area contributed by atoms with E-state index in [1.54, 1.807) is 12.0 Å². The van der Waals surface area contributed by atoms with Crippen LogP contribution in [0.3, 0.4) is 0 Å². The third kappa shape index (κ3) is 3.97. The Balaban J connectivity index is 1.98. The molecule has 1 aliphatic heterocycles. The highest BCUT2D eigenvalue weighted by atomic mass is 16.5. The van der Waals surface area contributed by atoms with Crippen LogP contribution in [0.25, 0.3) is 0 Å². The zero-order valence-corrected chi connectivity index (χ0v) is 12.7. The fraction of sp³-hybridized carbons (Fsp3) is 0.500. The average Bonchev–Trinajstić information content (AvgIpc) is 3.02. The molecular weight excluding hydrogens is 268 g/mol. The van der Waals surface area contributed by atoms with Gasteiger partial charge in [-0.15, -0.1) is 0 Å². The molecule has 1 heterocycles. The van der Waals surface area contributed by atoms with Crippen molar-refractivity contribution in [2.75, 3.05) is 31.6 Å². The Labute approximate surface area is 125 Å². The molecule has 0 aromatic heterocycles. The number of amides is 2. The summed E-state index contributed by atoms with van der Waals surface area (Å²) >= 11 is 0. The standard InChI is InChI=1S/C16H22N2O3/c1-13(19)18(14-5-7-15(21-2)8-6-14)12-9-16(20)17-10-3-4-11-17/h5-8H,3-4,9-12H2,1-2H3. The first kappa shape index (κ1) is 15.4. The van der Waals surface area contributed by atoms with Crippen LogP contribution in [0.5, 0.6) is 5.75 Å².